The average molecular weight is 340 g/mol. The molecule has 0 radical (unpaired) electrons. The number of guanidine groups is 1. The van der Waals surface area contributed by atoms with E-state index in [4.69, 9.17) is 4.42 Å². The van der Waals surface area contributed by atoms with E-state index in [0.29, 0.717) is 18.5 Å². The molecule has 25 heavy (non-hydrogen) atoms. The van der Waals surface area contributed by atoms with Gasteiger partial charge < -0.3 is 15.1 Å². The molecule has 1 aromatic carbocycles. The number of aryl methyl sites for hydroxylation is 1. The SMILES string of the molecule is CN=C(NCc1ncc(-c2ccc(C)cc2)o1)NC1CCC(C)CC1. The van der Waals surface area contributed by atoms with Crippen LogP contribution >= 0.6 is 0 Å². The minimum Gasteiger partial charge on any atom is -0.439 e. The van der Waals surface area contributed by atoms with Gasteiger partial charge in [0.2, 0.25) is 5.89 Å². The summed E-state index contributed by atoms with van der Waals surface area (Å²) in [5, 5.41) is 6.81. The molecule has 0 bridgehead atoms. The van der Waals surface area contributed by atoms with Crippen LogP contribution in [0.3, 0.4) is 0 Å². The Balaban J connectivity index is 1.53. The van der Waals surface area contributed by atoms with E-state index in [9.17, 15) is 0 Å². The van der Waals surface area contributed by atoms with Gasteiger partial charge in [0.25, 0.3) is 0 Å². The minimum atomic E-state index is 0.509. The largest absolute Gasteiger partial charge is 0.439 e. The fourth-order valence-electron chi connectivity index (χ4n) is 3.20. The Morgan fingerprint density at radius 2 is 1.92 bits per heavy atom. The van der Waals surface area contributed by atoms with Crippen molar-refractivity contribution < 1.29 is 4.42 Å². The Morgan fingerprint density at radius 1 is 1.20 bits per heavy atom. The van der Waals surface area contributed by atoms with Crippen LogP contribution in [0.25, 0.3) is 11.3 Å². The fraction of sp³-hybridized carbons (Fsp3) is 0.500. The maximum Gasteiger partial charge on any atom is 0.214 e. The van der Waals surface area contributed by atoms with Gasteiger partial charge in [-0.25, -0.2) is 4.98 Å². The van der Waals surface area contributed by atoms with Crippen molar-refractivity contribution in [3.05, 3.63) is 41.9 Å². The number of benzene rings is 1. The zero-order valence-electron chi connectivity index (χ0n) is 15.4. The molecule has 1 aliphatic carbocycles. The quantitative estimate of drug-likeness (QED) is 0.655. The van der Waals surface area contributed by atoms with Crippen molar-refractivity contribution in [2.75, 3.05) is 7.05 Å². The van der Waals surface area contributed by atoms with E-state index in [1.54, 1.807) is 13.2 Å². The summed E-state index contributed by atoms with van der Waals surface area (Å²) in [6.45, 7) is 4.93. The first-order chi connectivity index (χ1) is 12.1. The second kappa shape index (κ2) is 8.19. The molecule has 1 fully saturated rings. The highest BCUT2D eigenvalue weighted by atomic mass is 16.4. The Hall–Kier alpha value is -2.30. The number of hydrogen-bond donors (Lipinski definition) is 2. The van der Waals surface area contributed by atoms with E-state index >= 15 is 0 Å². The lowest BCUT2D eigenvalue weighted by Gasteiger charge is -2.28. The first kappa shape index (κ1) is 17.5. The maximum atomic E-state index is 5.85. The van der Waals surface area contributed by atoms with Gasteiger partial charge in [-0.15, -0.1) is 0 Å². The molecule has 1 aromatic heterocycles. The molecule has 0 saturated heterocycles. The van der Waals surface area contributed by atoms with Crippen molar-refractivity contribution in [3.63, 3.8) is 0 Å². The van der Waals surface area contributed by atoms with Gasteiger partial charge in [0.05, 0.1) is 12.7 Å². The molecule has 3 rings (SSSR count). The smallest absolute Gasteiger partial charge is 0.214 e. The van der Waals surface area contributed by atoms with Gasteiger partial charge in [-0.1, -0.05) is 36.8 Å². The van der Waals surface area contributed by atoms with Gasteiger partial charge in [-0.3, -0.25) is 4.99 Å². The van der Waals surface area contributed by atoms with E-state index in [2.05, 4.69) is 58.7 Å². The molecule has 2 aromatic rings. The number of nitrogens with one attached hydrogen (secondary N) is 2. The summed E-state index contributed by atoms with van der Waals surface area (Å²) >= 11 is 0. The zero-order valence-corrected chi connectivity index (χ0v) is 15.4. The molecule has 5 heteroatoms. The predicted octanol–water partition coefficient (Wildman–Crippen LogP) is 3.89. The highest BCUT2D eigenvalue weighted by Crippen LogP contribution is 2.23. The molecule has 0 amide bonds. The zero-order chi connectivity index (χ0) is 17.6. The Morgan fingerprint density at radius 3 is 2.60 bits per heavy atom. The molecule has 0 aliphatic heterocycles. The number of nitrogens with zero attached hydrogens (tertiary/aromatic N) is 2. The van der Waals surface area contributed by atoms with Crippen LogP contribution in [0, 0.1) is 12.8 Å². The summed E-state index contributed by atoms with van der Waals surface area (Å²) in [4.78, 5) is 8.68. The second-order valence-corrected chi connectivity index (χ2v) is 7.01. The molecule has 0 atom stereocenters. The highest BCUT2D eigenvalue weighted by Gasteiger charge is 2.19. The van der Waals surface area contributed by atoms with Crippen LogP contribution in [0.4, 0.5) is 0 Å². The number of oxazole rings is 1. The molecule has 1 aliphatic rings. The standard InChI is InChI=1S/C20H28N4O/c1-14-4-8-16(9-5-14)18-12-22-19(25-18)13-23-20(21-3)24-17-10-6-15(2)7-11-17/h4-5,8-9,12,15,17H,6-7,10-11,13H2,1-3H3,(H2,21,23,24). The predicted molar refractivity (Wildman–Crippen MR) is 101 cm³/mol. The monoisotopic (exact) mass is 340 g/mol. The lowest BCUT2D eigenvalue weighted by Crippen LogP contribution is -2.44. The molecular weight excluding hydrogens is 312 g/mol. The molecule has 0 unspecified atom stereocenters. The first-order valence-electron chi connectivity index (χ1n) is 9.13. The van der Waals surface area contributed by atoms with Gasteiger partial charge in [0, 0.05) is 18.7 Å². The van der Waals surface area contributed by atoms with Crippen molar-refractivity contribution in [1.82, 2.24) is 15.6 Å². The first-order valence-corrected chi connectivity index (χ1v) is 9.13. The topological polar surface area (TPSA) is 62.5 Å². The Kier molecular flexibility index (Phi) is 5.74. The van der Waals surface area contributed by atoms with Crippen LogP contribution in [0.1, 0.15) is 44.1 Å². The van der Waals surface area contributed by atoms with Crippen molar-refractivity contribution in [1.29, 1.82) is 0 Å². The molecule has 2 N–H and O–H groups in total. The van der Waals surface area contributed by atoms with Crippen molar-refractivity contribution in [2.45, 2.75) is 52.1 Å². The molecule has 0 spiro atoms. The van der Waals surface area contributed by atoms with E-state index in [-0.39, 0.29) is 0 Å². The summed E-state index contributed by atoms with van der Waals surface area (Å²) in [5.41, 5.74) is 2.28. The summed E-state index contributed by atoms with van der Waals surface area (Å²) in [7, 11) is 1.80. The third-order valence-electron chi connectivity index (χ3n) is 4.88. The van der Waals surface area contributed by atoms with Gasteiger partial charge in [-0.2, -0.15) is 0 Å². The normalized spacial score (nSPS) is 21.2. The van der Waals surface area contributed by atoms with Crippen LogP contribution in [0.5, 0.6) is 0 Å². The summed E-state index contributed by atoms with van der Waals surface area (Å²) in [5.74, 6) is 3.12. The molecular formula is C20H28N4O. The molecule has 1 heterocycles. The van der Waals surface area contributed by atoms with Gasteiger partial charge >= 0.3 is 0 Å². The van der Waals surface area contributed by atoms with Crippen LogP contribution in [-0.2, 0) is 6.54 Å². The number of aromatic nitrogens is 1. The van der Waals surface area contributed by atoms with Crippen molar-refractivity contribution in [2.24, 2.45) is 10.9 Å². The van der Waals surface area contributed by atoms with Crippen molar-refractivity contribution >= 4 is 5.96 Å². The van der Waals surface area contributed by atoms with E-state index < -0.39 is 0 Å². The highest BCUT2D eigenvalue weighted by molar-refractivity contribution is 5.79. The van der Waals surface area contributed by atoms with E-state index in [1.807, 2.05) is 0 Å². The number of rotatable bonds is 4. The lowest BCUT2D eigenvalue weighted by molar-refractivity contribution is 0.329. The Bertz CT molecular complexity index is 697. The summed E-state index contributed by atoms with van der Waals surface area (Å²) in [6, 6.07) is 8.77. The molecule has 5 nitrogen and oxygen atoms in total. The fourth-order valence-corrected chi connectivity index (χ4v) is 3.20. The van der Waals surface area contributed by atoms with Crippen LogP contribution in [0.15, 0.2) is 39.9 Å². The average Bonchev–Trinajstić information content (AvgIpc) is 3.10. The lowest BCUT2D eigenvalue weighted by atomic mass is 9.87. The maximum absolute atomic E-state index is 5.85. The third kappa shape index (κ3) is 4.84. The van der Waals surface area contributed by atoms with E-state index in [0.717, 1.165) is 23.2 Å². The summed E-state index contributed by atoms with van der Waals surface area (Å²) in [6.07, 6.45) is 6.76. The number of hydrogen-bond acceptors (Lipinski definition) is 3. The summed E-state index contributed by atoms with van der Waals surface area (Å²) < 4.78 is 5.85. The van der Waals surface area contributed by atoms with Crippen molar-refractivity contribution in [3.8, 4) is 11.3 Å². The van der Waals surface area contributed by atoms with Crippen LogP contribution in [-0.4, -0.2) is 24.0 Å². The number of aliphatic imine (C=N–C) groups is 1. The minimum absolute atomic E-state index is 0.509. The van der Waals surface area contributed by atoms with Gasteiger partial charge in [0.1, 0.15) is 0 Å². The second-order valence-electron chi connectivity index (χ2n) is 7.01. The van der Waals surface area contributed by atoms with E-state index in [1.165, 1.54) is 31.2 Å². The van der Waals surface area contributed by atoms with Crippen LogP contribution < -0.4 is 10.6 Å². The Labute approximate surface area is 150 Å². The van der Waals surface area contributed by atoms with Gasteiger partial charge in [0.15, 0.2) is 11.7 Å². The van der Waals surface area contributed by atoms with Crippen LogP contribution in [0.2, 0.25) is 0 Å². The molecule has 1 saturated carbocycles. The molecule has 134 valence electrons. The van der Waals surface area contributed by atoms with Gasteiger partial charge in [-0.05, 0) is 38.5 Å². The third-order valence-corrected chi connectivity index (χ3v) is 4.88.